The lowest BCUT2D eigenvalue weighted by Crippen LogP contribution is -2.36. The SMILES string of the molecule is Cc1cccc(NC(=O)c2csc(-c3ccc(N4CCOCC4)nc3)n2)c1. The van der Waals surface area contributed by atoms with Crippen LogP contribution in [0.1, 0.15) is 16.1 Å². The van der Waals surface area contributed by atoms with Crippen LogP contribution in [0.15, 0.2) is 48.0 Å². The number of carbonyl (C=O) groups is 1. The van der Waals surface area contributed by atoms with Crippen molar-refractivity contribution in [3.05, 3.63) is 59.2 Å². The first-order chi connectivity index (χ1) is 13.2. The van der Waals surface area contributed by atoms with Crippen LogP contribution in [0.3, 0.4) is 0 Å². The average Bonchev–Trinajstić information content (AvgIpc) is 3.19. The number of hydrogen-bond donors (Lipinski definition) is 1. The van der Waals surface area contributed by atoms with E-state index in [1.807, 2.05) is 49.5 Å². The highest BCUT2D eigenvalue weighted by Gasteiger charge is 2.15. The number of aryl methyl sites for hydroxylation is 1. The molecule has 27 heavy (non-hydrogen) atoms. The van der Waals surface area contributed by atoms with Crippen molar-refractivity contribution in [2.24, 2.45) is 0 Å². The Balaban J connectivity index is 1.46. The maximum atomic E-state index is 12.4. The molecule has 1 aliphatic rings. The molecule has 2 aromatic heterocycles. The number of nitrogens with zero attached hydrogens (tertiary/aromatic N) is 3. The molecule has 4 rings (SSSR count). The minimum absolute atomic E-state index is 0.207. The van der Waals surface area contributed by atoms with Gasteiger partial charge in [-0.3, -0.25) is 4.79 Å². The first kappa shape index (κ1) is 17.6. The molecule has 6 nitrogen and oxygen atoms in total. The van der Waals surface area contributed by atoms with Gasteiger partial charge < -0.3 is 15.0 Å². The molecule has 0 bridgehead atoms. The number of morpholine rings is 1. The fourth-order valence-electron chi connectivity index (χ4n) is 2.92. The first-order valence-corrected chi connectivity index (χ1v) is 9.70. The van der Waals surface area contributed by atoms with Crippen LogP contribution in [0.4, 0.5) is 11.5 Å². The van der Waals surface area contributed by atoms with E-state index in [1.165, 1.54) is 11.3 Å². The van der Waals surface area contributed by atoms with Gasteiger partial charge in [-0.2, -0.15) is 0 Å². The topological polar surface area (TPSA) is 67.4 Å². The molecule has 3 aromatic rings. The standard InChI is InChI=1S/C20H20N4O2S/c1-14-3-2-4-16(11-14)22-19(25)17-13-27-20(23-17)15-5-6-18(21-12-15)24-7-9-26-10-8-24/h2-6,11-13H,7-10H2,1H3,(H,22,25). The molecule has 3 heterocycles. The molecular weight excluding hydrogens is 360 g/mol. The van der Waals surface area contributed by atoms with E-state index in [1.54, 1.807) is 5.38 Å². The molecule has 0 spiro atoms. The van der Waals surface area contributed by atoms with Crippen molar-refractivity contribution in [2.45, 2.75) is 6.92 Å². The molecule has 0 saturated carbocycles. The molecule has 0 aliphatic carbocycles. The van der Waals surface area contributed by atoms with Gasteiger partial charge in [0, 0.05) is 35.9 Å². The maximum Gasteiger partial charge on any atom is 0.275 e. The number of ether oxygens (including phenoxy) is 1. The second-order valence-electron chi connectivity index (χ2n) is 6.37. The van der Waals surface area contributed by atoms with E-state index in [0.29, 0.717) is 5.69 Å². The van der Waals surface area contributed by atoms with E-state index in [2.05, 4.69) is 20.2 Å². The van der Waals surface area contributed by atoms with E-state index < -0.39 is 0 Å². The Bertz CT molecular complexity index is 933. The van der Waals surface area contributed by atoms with E-state index in [4.69, 9.17) is 4.74 Å². The molecule has 0 unspecified atom stereocenters. The number of anilines is 2. The number of benzene rings is 1. The van der Waals surface area contributed by atoms with Gasteiger partial charge in [-0.25, -0.2) is 9.97 Å². The molecule has 7 heteroatoms. The summed E-state index contributed by atoms with van der Waals surface area (Å²) in [5.41, 5.74) is 3.18. The Morgan fingerprint density at radius 1 is 1.22 bits per heavy atom. The number of aromatic nitrogens is 2. The third kappa shape index (κ3) is 4.15. The number of thiazole rings is 1. The largest absolute Gasteiger partial charge is 0.378 e. The lowest BCUT2D eigenvalue weighted by Gasteiger charge is -2.27. The third-order valence-corrected chi connectivity index (χ3v) is 5.23. The van der Waals surface area contributed by atoms with Gasteiger partial charge in [-0.1, -0.05) is 12.1 Å². The normalized spacial score (nSPS) is 14.2. The van der Waals surface area contributed by atoms with Crippen molar-refractivity contribution in [3.8, 4) is 10.6 Å². The van der Waals surface area contributed by atoms with Crippen LogP contribution in [-0.2, 0) is 4.74 Å². The van der Waals surface area contributed by atoms with Gasteiger partial charge in [0.25, 0.3) is 5.91 Å². The predicted molar refractivity (Wildman–Crippen MR) is 108 cm³/mol. The molecule has 1 aromatic carbocycles. The van der Waals surface area contributed by atoms with Crippen molar-refractivity contribution in [2.75, 3.05) is 36.5 Å². The van der Waals surface area contributed by atoms with E-state index in [9.17, 15) is 4.79 Å². The third-order valence-electron chi connectivity index (χ3n) is 4.34. The summed E-state index contributed by atoms with van der Waals surface area (Å²) in [5.74, 6) is 0.733. The van der Waals surface area contributed by atoms with Gasteiger partial charge in [0.15, 0.2) is 0 Å². The summed E-state index contributed by atoms with van der Waals surface area (Å²) in [5, 5.41) is 5.44. The van der Waals surface area contributed by atoms with E-state index in [0.717, 1.165) is 53.9 Å². The summed E-state index contributed by atoms with van der Waals surface area (Å²) < 4.78 is 5.37. The summed E-state index contributed by atoms with van der Waals surface area (Å²) in [6.07, 6.45) is 1.81. The molecule has 1 N–H and O–H groups in total. The lowest BCUT2D eigenvalue weighted by atomic mass is 10.2. The summed E-state index contributed by atoms with van der Waals surface area (Å²) in [7, 11) is 0. The quantitative estimate of drug-likeness (QED) is 0.749. The average molecular weight is 380 g/mol. The number of amides is 1. The molecule has 1 aliphatic heterocycles. The van der Waals surface area contributed by atoms with E-state index >= 15 is 0 Å². The summed E-state index contributed by atoms with van der Waals surface area (Å²) >= 11 is 1.44. The van der Waals surface area contributed by atoms with Gasteiger partial charge in [0.05, 0.1) is 13.2 Å². The van der Waals surface area contributed by atoms with Crippen LogP contribution in [0.25, 0.3) is 10.6 Å². The molecule has 0 atom stereocenters. The van der Waals surface area contributed by atoms with Gasteiger partial charge in [0.1, 0.15) is 16.5 Å². The molecule has 1 amide bonds. The predicted octanol–water partition coefficient (Wildman–Crippen LogP) is 3.60. The molecule has 1 saturated heterocycles. The van der Waals surface area contributed by atoms with Crippen LogP contribution in [0.5, 0.6) is 0 Å². The second-order valence-corrected chi connectivity index (χ2v) is 7.22. The van der Waals surface area contributed by atoms with Crippen LogP contribution in [-0.4, -0.2) is 42.2 Å². The Morgan fingerprint density at radius 2 is 2.07 bits per heavy atom. The van der Waals surface area contributed by atoms with Crippen LogP contribution < -0.4 is 10.2 Å². The number of rotatable bonds is 4. The molecule has 138 valence electrons. The first-order valence-electron chi connectivity index (χ1n) is 8.82. The fraction of sp³-hybridized carbons (Fsp3) is 0.250. The number of hydrogen-bond acceptors (Lipinski definition) is 6. The van der Waals surface area contributed by atoms with Crippen LogP contribution >= 0.6 is 11.3 Å². The van der Waals surface area contributed by atoms with Gasteiger partial charge in [0.2, 0.25) is 0 Å². The van der Waals surface area contributed by atoms with Crippen molar-refractivity contribution in [1.29, 1.82) is 0 Å². The van der Waals surface area contributed by atoms with Crippen molar-refractivity contribution < 1.29 is 9.53 Å². The molecule has 1 fully saturated rings. The van der Waals surface area contributed by atoms with Gasteiger partial charge in [-0.05, 0) is 36.8 Å². The highest BCUT2D eigenvalue weighted by atomic mass is 32.1. The zero-order valence-corrected chi connectivity index (χ0v) is 15.8. The molecule has 0 radical (unpaired) electrons. The van der Waals surface area contributed by atoms with Crippen molar-refractivity contribution in [3.63, 3.8) is 0 Å². The minimum Gasteiger partial charge on any atom is -0.378 e. The second kappa shape index (κ2) is 7.85. The van der Waals surface area contributed by atoms with Crippen molar-refractivity contribution in [1.82, 2.24) is 9.97 Å². The monoisotopic (exact) mass is 380 g/mol. The highest BCUT2D eigenvalue weighted by Crippen LogP contribution is 2.25. The fourth-order valence-corrected chi connectivity index (χ4v) is 3.71. The number of carbonyl (C=O) groups excluding carboxylic acids is 1. The highest BCUT2D eigenvalue weighted by molar-refractivity contribution is 7.13. The van der Waals surface area contributed by atoms with Gasteiger partial charge >= 0.3 is 0 Å². The summed E-state index contributed by atoms with van der Waals surface area (Å²) in [4.78, 5) is 23.7. The number of pyridine rings is 1. The Morgan fingerprint density at radius 3 is 2.81 bits per heavy atom. The lowest BCUT2D eigenvalue weighted by molar-refractivity contribution is 0.102. The maximum absolute atomic E-state index is 12.4. The summed E-state index contributed by atoms with van der Waals surface area (Å²) in [6.45, 7) is 5.16. The zero-order chi connectivity index (χ0) is 18.6. The van der Waals surface area contributed by atoms with E-state index in [-0.39, 0.29) is 5.91 Å². The Labute approximate surface area is 161 Å². The number of nitrogens with one attached hydrogen (secondary N) is 1. The van der Waals surface area contributed by atoms with Crippen molar-refractivity contribution >= 4 is 28.7 Å². The van der Waals surface area contributed by atoms with Crippen LogP contribution in [0, 0.1) is 6.92 Å². The van der Waals surface area contributed by atoms with Crippen LogP contribution in [0.2, 0.25) is 0 Å². The minimum atomic E-state index is -0.207. The smallest absolute Gasteiger partial charge is 0.275 e. The Hall–Kier alpha value is -2.77. The summed E-state index contributed by atoms with van der Waals surface area (Å²) in [6, 6.07) is 11.7. The van der Waals surface area contributed by atoms with Gasteiger partial charge in [-0.15, -0.1) is 11.3 Å². The Kier molecular flexibility index (Phi) is 5.13. The zero-order valence-electron chi connectivity index (χ0n) is 15.0. The molecular formula is C20H20N4O2S.